The molecule has 124 valence electrons. The number of rotatable bonds is 5. The molecule has 0 aromatic heterocycles. The number of nitrogens with zero attached hydrogens (tertiary/aromatic N) is 1. The fourth-order valence-corrected chi connectivity index (χ4v) is 2.26. The summed E-state index contributed by atoms with van der Waals surface area (Å²) in [5.74, 6) is -0.472. The third kappa shape index (κ3) is 3.70. The zero-order valence-electron chi connectivity index (χ0n) is 13.8. The van der Waals surface area contributed by atoms with Crippen molar-refractivity contribution in [2.45, 2.75) is 46.3 Å². The van der Waals surface area contributed by atoms with Gasteiger partial charge in [0.05, 0.1) is 11.8 Å². The van der Waals surface area contributed by atoms with Gasteiger partial charge in [-0.25, -0.2) is 0 Å². The molecule has 0 aliphatic carbocycles. The van der Waals surface area contributed by atoms with Crippen LogP contribution in [0.1, 0.15) is 44.5 Å². The van der Waals surface area contributed by atoms with Crippen LogP contribution < -0.4 is 9.64 Å². The average molecular weight is 319 g/mol. The van der Waals surface area contributed by atoms with Crippen LogP contribution in [-0.4, -0.2) is 36.4 Å². The van der Waals surface area contributed by atoms with Crippen molar-refractivity contribution in [3.63, 3.8) is 0 Å². The lowest BCUT2D eigenvalue weighted by molar-refractivity contribution is -0.147. The van der Waals surface area contributed by atoms with Gasteiger partial charge >= 0.3 is 5.97 Å². The van der Waals surface area contributed by atoms with Gasteiger partial charge in [-0.1, -0.05) is 6.92 Å². The molecule has 1 heterocycles. The van der Waals surface area contributed by atoms with Crippen LogP contribution in [-0.2, 0) is 14.3 Å². The van der Waals surface area contributed by atoms with Crippen LogP contribution in [0, 0.1) is 0 Å². The van der Waals surface area contributed by atoms with E-state index in [4.69, 9.17) is 9.47 Å². The molecule has 0 radical (unpaired) electrons. The third-order valence-corrected chi connectivity index (χ3v) is 3.77. The van der Waals surface area contributed by atoms with Gasteiger partial charge in [0.15, 0.2) is 11.9 Å². The van der Waals surface area contributed by atoms with Crippen molar-refractivity contribution in [3.05, 3.63) is 23.8 Å². The molecule has 0 spiro atoms. The number of amides is 1. The molecule has 6 heteroatoms. The summed E-state index contributed by atoms with van der Waals surface area (Å²) in [5, 5.41) is 0. The Kier molecular flexibility index (Phi) is 5.03. The maximum absolute atomic E-state index is 12.4. The van der Waals surface area contributed by atoms with E-state index in [9.17, 15) is 14.4 Å². The molecule has 23 heavy (non-hydrogen) atoms. The molecule has 0 bridgehead atoms. The van der Waals surface area contributed by atoms with Crippen molar-refractivity contribution in [1.29, 1.82) is 0 Å². The number of anilines is 1. The van der Waals surface area contributed by atoms with E-state index in [0.717, 1.165) is 0 Å². The normalized spacial score (nSPS) is 18.0. The fraction of sp³-hybridized carbons (Fsp3) is 0.471. The number of hydrogen-bond acceptors (Lipinski definition) is 5. The minimum absolute atomic E-state index is 0.124. The SMILES string of the molecule is CCC(C)OC(=O)CN1C(=O)C(C)Oc2ccc(C(C)=O)cc21. The molecule has 6 nitrogen and oxygen atoms in total. The Bertz CT molecular complexity index is 640. The molecule has 1 aliphatic rings. The highest BCUT2D eigenvalue weighted by molar-refractivity contribution is 6.04. The lowest BCUT2D eigenvalue weighted by Gasteiger charge is -2.32. The number of benzene rings is 1. The summed E-state index contributed by atoms with van der Waals surface area (Å²) in [6.45, 7) is 6.57. The minimum Gasteiger partial charge on any atom is -0.479 e. The first-order valence-electron chi connectivity index (χ1n) is 7.66. The van der Waals surface area contributed by atoms with Gasteiger partial charge in [0.25, 0.3) is 5.91 Å². The number of fused-ring (bicyclic) bond motifs is 1. The minimum atomic E-state index is -0.693. The Balaban J connectivity index is 2.31. The van der Waals surface area contributed by atoms with Crippen LogP contribution in [0.15, 0.2) is 18.2 Å². The van der Waals surface area contributed by atoms with Crippen LogP contribution in [0.2, 0.25) is 0 Å². The molecule has 2 atom stereocenters. The average Bonchev–Trinajstić information content (AvgIpc) is 2.51. The highest BCUT2D eigenvalue weighted by Crippen LogP contribution is 2.35. The Labute approximate surface area is 135 Å². The van der Waals surface area contributed by atoms with Crippen molar-refractivity contribution in [1.82, 2.24) is 0 Å². The van der Waals surface area contributed by atoms with Gasteiger partial charge in [-0.15, -0.1) is 0 Å². The Morgan fingerprint density at radius 1 is 1.39 bits per heavy atom. The number of Topliss-reactive ketones (excluding diaryl/α,β-unsaturated/α-hetero) is 1. The maximum Gasteiger partial charge on any atom is 0.326 e. The number of ether oxygens (including phenoxy) is 2. The van der Waals surface area contributed by atoms with Crippen molar-refractivity contribution < 1.29 is 23.9 Å². The van der Waals surface area contributed by atoms with E-state index < -0.39 is 12.1 Å². The summed E-state index contributed by atoms with van der Waals surface area (Å²) < 4.78 is 10.8. The van der Waals surface area contributed by atoms with Crippen LogP contribution in [0.5, 0.6) is 5.75 Å². The largest absolute Gasteiger partial charge is 0.479 e. The highest BCUT2D eigenvalue weighted by Gasteiger charge is 2.33. The van der Waals surface area contributed by atoms with E-state index >= 15 is 0 Å². The summed E-state index contributed by atoms with van der Waals surface area (Å²) in [5.41, 5.74) is 0.872. The topological polar surface area (TPSA) is 72.9 Å². The quantitative estimate of drug-likeness (QED) is 0.615. The molecular weight excluding hydrogens is 298 g/mol. The summed E-state index contributed by atoms with van der Waals surface area (Å²) >= 11 is 0. The second kappa shape index (κ2) is 6.81. The summed E-state index contributed by atoms with van der Waals surface area (Å²) in [6, 6.07) is 4.85. The van der Waals surface area contributed by atoms with Crippen molar-refractivity contribution in [3.8, 4) is 5.75 Å². The molecule has 1 aromatic carbocycles. The molecule has 2 unspecified atom stereocenters. The van der Waals surface area contributed by atoms with Crippen molar-refractivity contribution in [2.75, 3.05) is 11.4 Å². The monoisotopic (exact) mass is 319 g/mol. The highest BCUT2D eigenvalue weighted by atomic mass is 16.5. The number of ketones is 1. The van der Waals surface area contributed by atoms with E-state index in [-0.39, 0.29) is 24.3 Å². The van der Waals surface area contributed by atoms with Gasteiger partial charge in [0.2, 0.25) is 0 Å². The van der Waals surface area contributed by atoms with E-state index in [0.29, 0.717) is 23.4 Å². The molecule has 1 aliphatic heterocycles. The van der Waals surface area contributed by atoms with Gasteiger partial charge in [-0.2, -0.15) is 0 Å². The van der Waals surface area contributed by atoms with E-state index in [1.165, 1.54) is 11.8 Å². The van der Waals surface area contributed by atoms with E-state index in [1.807, 2.05) is 6.92 Å². The predicted octanol–water partition coefficient (Wildman–Crippen LogP) is 2.34. The number of hydrogen-bond donors (Lipinski definition) is 0. The maximum atomic E-state index is 12.4. The molecule has 0 fully saturated rings. The summed E-state index contributed by atoms with van der Waals surface area (Å²) in [7, 11) is 0. The summed E-state index contributed by atoms with van der Waals surface area (Å²) in [6.07, 6.45) is -0.203. The van der Waals surface area contributed by atoms with Gasteiger partial charge in [-0.3, -0.25) is 19.3 Å². The van der Waals surface area contributed by atoms with Crippen LogP contribution in [0.3, 0.4) is 0 Å². The first-order chi connectivity index (χ1) is 10.8. The van der Waals surface area contributed by atoms with Gasteiger partial charge in [0.1, 0.15) is 12.3 Å². The summed E-state index contributed by atoms with van der Waals surface area (Å²) in [4.78, 5) is 37.3. The lowest BCUT2D eigenvalue weighted by Crippen LogP contribution is -2.47. The van der Waals surface area contributed by atoms with Crippen LogP contribution in [0.25, 0.3) is 0 Å². The van der Waals surface area contributed by atoms with Crippen LogP contribution >= 0.6 is 0 Å². The molecule has 2 rings (SSSR count). The number of esters is 1. The zero-order valence-corrected chi connectivity index (χ0v) is 13.8. The van der Waals surface area contributed by atoms with Crippen molar-refractivity contribution >= 4 is 23.3 Å². The standard InChI is InChI=1S/C17H21NO5/c1-5-10(2)22-16(20)9-18-14-8-13(11(3)19)6-7-15(14)23-12(4)17(18)21/h6-8,10,12H,5,9H2,1-4H3. The first kappa shape index (κ1) is 17.0. The zero-order chi connectivity index (χ0) is 17.1. The van der Waals surface area contributed by atoms with E-state index in [1.54, 1.807) is 32.0 Å². The fourth-order valence-electron chi connectivity index (χ4n) is 2.26. The molecule has 1 amide bonds. The third-order valence-electron chi connectivity index (χ3n) is 3.77. The Hall–Kier alpha value is -2.37. The van der Waals surface area contributed by atoms with Gasteiger partial charge < -0.3 is 9.47 Å². The smallest absolute Gasteiger partial charge is 0.326 e. The first-order valence-corrected chi connectivity index (χ1v) is 7.66. The van der Waals surface area contributed by atoms with Crippen LogP contribution in [0.4, 0.5) is 5.69 Å². The Morgan fingerprint density at radius 3 is 2.70 bits per heavy atom. The van der Waals surface area contributed by atoms with Crippen molar-refractivity contribution in [2.24, 2.45) is 0 Å². The Morgan fingerprint density at radius 2 is 2.09 bits per heavy atom. The lowest BCUT2D eigenvalue weighted by atomic mass is 10.1. The van der Waals surface area contributed by atoms with Gasteiger partial charge in [-0.05, 0) is 45.4 Å². The molecule has 0 N–H and O–H groups in total. The molecule has 1 aromatic rings. The number of carbonyl (C=O) groups is 3. The predicted molar refractivity (Wildman–Crippen MR) is 84.7 cm³/mol. The van der Waals surface area contributed by atoms with E-state index in [2.05, 4.69) is 0 Å². The number of carbonyl (C=O) groups excluding carboxylic acids is 3. The second-order valence-electron chi connectivity index (χ2n) is 5.63. The van der Waals surface area contributed by atoms with Gasteiger partial charge in [0, 0.05) is 5.56 Å². The molecule has 0 saturated carbocycles. The molecular formula is C17H21NO5. The second-order valence-corrected chi connectivity index (χ2v) is 5.63. The molecule has 0 saturated heterocycles.